The lowest BCUT2D eigenvalue weighted by atomic mass is 9.94. The van der Waals surface area contributed by atoms with Gasteiger partial charge in [-0.15, -0.1) is 0 Å². The number of nitrogens with zero attached hydrogens (tertiary/aromatic N) is 3. The van der Waals surface area contributed by atoms with Crippen LogP contribution in [0, 0.1) is 5.82 Å². The minimum Gasteiger partial charge on any atom is -0.342 e. The third kappa shape index (κ3) is 4.07. The van der Waals surface area contributed by atoms with Gasteiger partial charge in [0.25, 0.3) is 0 Å². The van der Waals surface area contributed by atoms with Gasteiger partial charge in [-0.25, -0.2) is 22.8 Å². The van der Waals surface area contributed by atoms with Gasteiger partial charge < -0.3 is 4.90 Å². The molecular weight excluding hydrogens is 357 g/mol. The predicted molar refractivity (Wildman–Crippen MR) is 93.8 cm³/mol. The molecule has 1 atom stereocenters. The number of rotatable bonds is 4. The molecule has 8 heteroatoms. The van der Waals surface area contributed by atoms with Crippen molar-refractivity contribution in [2.75, 3.05) is 19.3 Å². The molecule has 26 heavy (non-hydrogen) atoms. The zero-order chi connectivity index (χ0) is 18.7. The molecule has 0 aliphatic carbocycles. The average molecular weight is 377 g/mol. The standard InChI is InChI=1S/C18H20FN3O3S/c1-26(24,25)16-10-20-12-21-18(16)14-6-4-8-22(11-14)17(23)9-13-5-2-3-7-15(13)19/h2-3,5,7,10,12,14H,4,6,8-9,11H2,1H3/t14-/m1/s1. The monoisotopic (exact) mass is 377 g/mol. The van der Waals surface area contributed by atoms with E-state index in [-0.39, 0.29) is 23.1 Å². The lowest BCUT2D eigenvalue weighted by Gasteiger charge is -2.33. The minimum absolute atomic E-state index is 0.0118. The molecule has 0 saturated carbocycles. The summed E-state index contributed by atoms with van der Waals surface area (Å²) < 4.78 is 37.8. The van der Waals surface area contributed by atoms with Gasteiger partial charge in [-0.2, -0.15) is 0 Å². The van der Waals surface area contributed by atoms with Gasteiger partial charge in [0, 0.05) is 31.5 Å². The zero-order valence-corrected chi connectivity index (χ0v) is 15.2. The van der Waals surface area contributed by atoms with Crippen molar-refractivity contribution in [1.29, 1.82) is 0 Å². The van der Waals surface area contributed by atoms with Crippen LogP contribution in [0.1, 0.15) is 30.0 Å². The van der Waals surface area contributed by atoms with Crippen LogP contribution in [-0.2, 0) is 21.1 Å². The Morgan fingerprint density at radius 3 is 2.85 bits per heavy atom. The van der Waals surface area contributed by atoms with Crippen molar-refractivity contribution in [1.82, 2.24) is 14.9 Å². The number of amides is 1. The normalized spacial score (nSPS) is 17.9. The van der Waals surface area contributed by atoms with Crippen molar-refractivity contribution in [3.63, 3.8) is 0 Å². The maximum Gasteiger partial charge on any atom is 0.227 e. The summed E-state index contributed by atoms with van der Waals surface area (Å²) in [5.74, 6) is -0.750. The fourth-order valence-electron chi connectivity index (χ4n) is 3.26. The van der Waals surface area contributed by atoms with E-state index in [9.17, 15) is 17.6 Å². The summed E-state index contributed by atoms with van der Waals surface area (Å²) in [7, 11) is -3.45. The molecule has 0 radical (unpaired) electrons. The van der Waals surface area contributed by atoms with Gasteiger partial charge in [-0.1, -0.05) is 18.2 Å². The van der Waals surface area contributed by atoms with Gasteiger partial charge in [0.05, 0.1) is 12.1 Å². The van der Waals surface area contributed by atoms with Crippen molar-refractivity contribution in [2.45, 2.75) is 30.1 Å². The van der Waals surface area contributed by atoms with Crippen LogP contribution in [0.4, 0.5) is 4.39 Å². The number of carbonyl (C=O) groups excluding carboxylic acids is 1. The first-order valence-electron chi connectivity index (χ1n) is 8.37. The van der Waals surface area contributed by atoms with Crippen molar-refractivity contribution in [2.24, 2.45) is 0 Å². The summed E-state index contributed by atoms with van der Waals surface area (Å²) in [4.78, 5) is 22.3. The lowest BCUT2D eigenvalue weighted by molar-refractivity contribution is -0.131. The number of aromatic nitrogens is 2. The first-order chi connectivity index (χ1) is 12.4. The number of benzene rings is 1. The average Bonchev–Trinajstić information content (AvgIpc) is 2.63. The van der Waals surface area contributed by atoms with E-state index in [2.05, 4.69) is 9.97 Å². The second-order valence-electron chi connectivity index (χ2n) is 6.49. The van der Waals surface area contributed by atoms with Crippen molar-refractivity contribution >= 4 is 15.7 Å². The van der Waals surface area contributed by atoms with E-state index in [1.54, 1.807) is 23.1 Å². The molecule has 1 amide bonds. The fourth-order valence-corrected chi connectivity index (χ4v) is 4.11. The maximum atomic E-state index is 13.8. The number of piperidine rings is 1. The Hall–Kier alpha value is -2.35. The maximum absolute atomic E-state index is 13.8. The van der Waals surface area contributed by atoms with Crippen LogP contribution in [0.2, 0.25) is 0 Å². The molecule has 2 heterocycles. The van der Waals surface area contributed by atoms with Crippen LogP contribution < -0.4 is 0 Å². The summed E-state index contributed by atoms with van der Waals surface area (Å²) >= 11 is 0. The van der Waals surface area contributed by atoms with Crippen LogP contribution in [-0.4, -0.2) is 48.5 Å². The van der Waals surface area contributed by atoms with Crippen LogP contribution in [0.25, 0.3) is 0 Å². The Labute approximate surface area is 152 Å². The van der Waals surface area contributed by atoms with Crippen LogP contribution in [0.15, 0.2) is 41.7 Å². The SMILES string of the molecule is CS(=O)(=O)c1cncnc1[C@@H]1CCCN(C(=O)Cc2ccccc2F)C1. The second-order valence-corrected chi connectivity index (χ2v) is 8.48. The predicted octanol–water partition coefficient (Wildman–Crippen LogP) is 1.97. The summed E-state index contributed by atoms with van der Waals surface area (Å²) in [6.45, 7) is 0.940. The molecule has 2 aromatic rings. The smallest absolute Gasteiger partial charge is 0.227 e. The van der Waals surface area contributed by atoms with Crippen LogP contribution in [0.5, 0.6) is 0 Å². The van der Waals surface area contributed by atoms with Gasteiger partial charge in [0.1, 0.15) is 17.0 Å². The van der Waals surface area contributed by atoms with E-state index in [1.165, 1.54) is 18.6 Å². The molecule has 6 nitrogen and oxygen atoms in total. The second kappa shape index (κ2) is 7.49. The number of hydrogen-bond acceptors (Lipinski definition) is 5. The van der Waals surface area contributed by atoms with Gasteiger partial charge in [-0.05, 0) is 24.5 Å². The van der Waals surface area contributed by atoms with E-state index >= 15 is 0 Å². The van der Waals surface area contributed by atoms with Crippen molar-refractivity contribution in [3.05, 3.63) is 53.9 Å². The molecule has 0 spiro atoms. The van der Waals surface area contributed by atoms with Gasteiger partial charge in [0.15, 0.2) is 9.84 Å². The van der Waals surface area contributed by atoms with Crippen LogP contribution in [0.3, 0.4) is 0 Å². The molecule has 0 bridgehead atoms. The van der Waals surface area contributed by atoms with Crippen molar-refractivity contribution in [3.8, 4) is 0 Å². The topological polar surface area (TPSA) is 80.2 Å². The molecule has 1 saturated heterocycles. The number of halogens is 1. The van der Waals surface area contributed by atoms with E-state index in [4.69, 9.17) is 0 Å². The molecule has 3 rings (SSSR count). The summed E-state index contributed by atoms with van der Waals surface area (Å²) in [6, 6.07) is 6.22. The van der Waals surface area contributed by atoms with E-state index in [1.807, 2.05) is 0 Å². The fraction of sp³-hybridized carbons (Fsp3) is 0.389. The number of sulfone groups is 1. The number of hydrogen-bond donors (Lipinski definition) is 0. The molecule has 138 valence electrons. The third-order valence-corrected chi connectivity index (χ3v) is 5.68. The summed E-state index contributed by atoms with van der Waals surface area (Å²) in [5, 5.41) is 0. The molecule has 1 aliphatic rings. The Kier molecular flexibility index (Phi) is 5.31. The molecule has 1 fully saturated rings. The van der Waals surface area contributed by atoms with E-state index < -0.39 is 15.7 Å². The highest BCUT2D eigenvalue weighted by molar-refractivity contribution is 7.90. The molecule has 1 aromatic heterocycles. The molecule has 0 unspecified atom stereocenters. The Morgan fingerprint density at radius 2 is 2.12 bits per heavy atom. The highest BCUT2D eigenvalue weighted by Gasteiger charge is 2.29. The lowest BCUT2D eigenvalue weighted by Crippen LogP contribution is -2.40. The quantitative estimate of drug-likeness (QED) is 0.814. The van der Waals surface area contributed by atoms with Gasteiger partial charge >= 0.3 is 0 Å². The third-order valence-electron chi connectivity index (χ3n) is 4.57. The highest BCUT2D eigenvalue weighted by Crippen LogP contribution is 2.29. The Bertz CT molecular complexity index is 917. The van der Waals surface area contributed by atoms with Crippen LogP contribution >= 0.6 is 0 Å². The van der Waals surface area contributed by atoms with Gasteiger partial charge in [0.2, 0.25) is 5.91 Å². The first-order valence-corrected chi connectivity index (χ1v) is 10.3. The molecule has 1 aromatic carbocycles. The zero-order valence-electron chi connectivity index (χ0n) is 14.4. The van der Waals surface area contributed by atoms with Crippen molar-refractivity contribution < 1.29 is 17.6 Å². The molecule has 0 N–H and O–H groups in total. The minimum atomic E-state index is -3.45. The largest absolute Gasteiger partial charge is 0.342 e. The number of carbonyl (C=O) groups is 1. The Morgan fingerprint density at radius 1 is 1.35 bits per heavy atom. The van der Waals surface area contributed by atoms with E-state index in [0.717, 1.165) is 19.1 Å². The Balaban J connectivity index is 1.78. The molecule has 1 aliphatic heterocycles. The first kappa shape index (κ1) is 18.4. The summed E-state index contributed by atoms with van der Waals surface area (Å²) in [5.41, 5.74) is 0.810. The molecular formula is C18H20FN3O3S. The number of likely N-dealkylation sites (tertiary alicyclic amines) is 1. The highest BCUT2D eigenvalue weighted by atomic mass is 32.2. The van der Waals surface area contributed by atoms with Gasteiger partial charge in [-0.3, -0.25) is 4.79 Å². The summed E-state index contributed by atoms with van der Waals surface area (Å²) in [6.07, 6.45) is 5.22. The van der Waals surface area contributed by atoms with E-state index in [0.29, 0.717) is 24.3 Å².